The van der Waals surface area contributed by atoms with Crippen molar-refractivity contribution in [2.24, 2.45) is 5.73 Å². The van der Waals surface area contributed by atoms with Gasteiger partial charge in [0.1, 0.15) is 5.82 Å². The molecule has 0 amide bonds. The van der Waals surface area contributed by atoms with Crippen LogP contribution < -0.4 is 5.73 Å². The average molecular weight is 372 g/mol. The summed E-state index contributed by atoms with van der Waals surface area (Å²) in [5, 5.41) is 0.309. The first-order valence-corrected chi connectivity index (χ1v) is 8.52. The molecule has 0 aromatic heterocycles. The minimum absolute atomic E-state index is 0.206. The number of benzene rings is 1. The number of allylic oxidation sites excluding steroid dienone is 2. The van der Waals surface area contributed by atoms with Crippen LogP contribution >= 0.6 is 11.6 Å². The first kappa shape index (κ1) is 18.2. The van der Waals surface area contributed by atoms with E-state index < -0.39 is 28.8 Å². The fourth-order valence-corrected chi connectivity index (χ4v) is 2.94. The second-order valence-corrected chi connectivity index (χ2v) is 6.42. The Hall–Kier alpha value is -2.12. The largest absolute Gasteiger partial charge is 0.464 e. The van der Waals surface area contributed by atoms with E-state index >= 15 is 0 Å². The molecule has 0 aliphatic carbocycles. The molecule has 5 nitrogen and oxygen atoms in total. The topological polar surface area (TPSA) is 78.6 Å². The van der Waals surface area contributed by atoms with Gasteiger partial charge in [0.05, 0.1) is 5.75 Å². The second kappa shape index (κ2) is 8.12. The summed E-state index contributed by atoms with van der Waals surface area (Å²) in [6.45, 7) is 3.48. The molecule has 0 saturated carbocycles. The molecule has 24 heavy (non-hydrogen) atoms. The predicted molar refractivity (Wildman–Crippen MR) is 89.2 cm³/mol. The minimum atomic E-state index is -1.97. The third-order valence-electron chi connectivity index (χ3n) is 3.07. The molecule has 2 rings (SSSR count). The van der Waals surface area contributed by atoms with Crippen molar-refractivity contribution in [3.8, 4) is 0 Å². The summed E-state index contributed by atoms with van der Waals surface area (Å²) in [6, 6.07) is 5.86. The Kier molecular flexibility index (Phi) is 6.16. The lowest BCUT2D eigenvalue weighted by atomic mass is 10.1. The number of ketones is 1. The van der Waals surface area contributed by atoms with Gasteiger partial charge in [-0.05, 0) is 12.1 Å². The van der Waals surface area contributed by atoms with Gasteiger partial charge in [0.25, 0.3) is 0 Å². The van der Waals surface area contributed by atoms with Crippen LogP contribution in [0.1, 0.15) is 12.0 Å². The maximum absolute atomic E-state index is 13.5. The highest BCUT2D eigenvalue weighted by atomic mass is 35.5. The number of carbonyl (C=O) groups is 1. The van der Waals surface area contributed by atoms with E-state index in [2.05, 4.69) is 6.58 Å². The van der Waals surface area contributed by atoms with Gasteiger partial charge in [-0.1, -0.05) is 42.5 Å². The van der Waals surface area contributed by atoms with Gasteiger partial charge in [-0.3, -0.25) is 4.79 Å². The molecule has 8 heteroatoms. The number of hydrogen-bond acceptors (Lipinski definition) is 5. The molecule has 1 aromatic rings. The molecule has 0 bridgehead atoms. The zero-order valence-electron chi connectivity index (χ0n) is 12.5. The first-order valence-electron chi connectivity index (χ1n) is 6.90. The maximum atomic E-state index is 13.5. The highest BCUT2D eigenvalue weighted by Gasteiger charge is 2.36. The SMILES string of the molecule is C=C(Cl)/C=C\CC1OC(N)=C(OS(=O)Cc2ccccc2F)C1=O. The number of carbonyl (C=O) groups excluding carboxylic acids is 1. The molecule has 0 spiro atoms. The van der Waals surface area contributed by atoms with Crippen LogP contribution in [0, 0.1) is 5.82 Å². The first-order chi connectivity index (χ1) is 11.4. The van der Waals surface area contributed by atoms with Crippen LogP contribution in [0.15, 0.2) is 59.7 Å². The van der Waals surface area contributed by atoms with E-state index in [1.807, 2.05) is 0 Å². The summed E-state index contributed by atoms with van der Waals surface area (Å²) in [4.78, 5) is 12.2. The van der Waals surface area contributed by atoms with Crippen molar-refractivity contribution in [3.63, 3.8) is 0 Å². The fraction of sp³-hybridized carbons (Fsp3) is 0.188. The number of rotatable bonds is 7. The van der Waals surface area contributed by atoms with E-state index in [0.29, 0.717) is 5.03 Å². The van der Waals surface area contributed by atoms with Gasteiger partial charge in [-0.2, -0.15) is 0 Å². The van der Waals surface area contributed by atoms with E-state index in [0.717, 1.165) is 0 Å². The van der Waals surface area contributed by atoms with Crippen molar-refractivity contribution in [2.45, 2.75) is 18.3 Å². The average Bonchev–Trinajstić information content (AvgIpc) is 2.77. The summed E-state index contributed by atoms with van der Waals surface area (Å²) in [5.41, 5.74) is 5.81. The monoisotopic (exact) mass is 371 g/mol. The Bertz CT molecular complexity index is 747. The molecule has 128 valence electrons. The Balaban J connectivity index is 1.98. The van der Waals surface area contributed by atoms with Crippen molar-refractivity contribution in [3.05, 3.63) is 71.1 Å². The molecule has 0 radical (unpaired) electrons. The third-order valence-corrected chi connectivity index (χ3v) is 4.09. The zero-order chi connectivity index (χ0) is 17.7. The molecule has 1 aromatic carbocycles. The molecule has 2 atom stereocenters. The Morgan fingerprint density at radius 1 is 1.50 bits per heavy atom. The zero-order valence-corrected chi connectivity index (χ0v) is 14.1. The van der Waals surface area contributed by atoms with Crippen LogP contribution in [0.25, 0.3) is 0 Å². The van der Waals surface area contributed by atoms with Crippen molar-refractivity contribution < 1.29 is 22.3 Å². The maximum Gasteiger partial charge on any atom is 0.246 e. The van der Waals surface area contributed by atoms with Gasteiger partial charge in [-0.25, -0.2) is 8.60 Å². The van der Waals surface area contributed by atoms with Crippen molar-refractivity contribution in [1.29, 1.82) is 0 Å². The van der Waals surface area contributed by atoms with Crippen LogP contribution in [0.3, 0.4) is 0 Å². The normalized spacial score (nSPS) is 18.8. The Labute approximate surface area is 146 Å². The molecule has 2 N–H and O–H groups in total. The predicted octanol–water partition coefficient (Wildman–Crippen LogP) is 2.80. The Morgan fingerprint density at radius 2 is 2.21 bits per heavy atom. The lowest BCUT2D eigenvalue weighted by Gasteiger charge is -2.06. The molecule has 1 aliphatic heterocycles. The Morgan fingerprint density at radius 3 is 2.88 bits per heavy atom. The van der Waals surface area contributed by atoms with Gasteiger partial charge in [0.15, 0.2) is 6.10 Å². The summed E-state index contributed by atoms with van der Waals surface area (Å²) in [5.74, 6) is -1.81. The summed E-state index contributed by atoms with van der Waals surface area (Å²) in [6.07, 6.45) is 2.45. The molecular weight excluding hydrogens is 357 g/mol. The summed E-state index contributed by atoms with van der Waals surface area (Å²) in [7, 11) is 0. The lowest BCUT2D eigenvalue weighted by Crippen LogP contribution is -2.19. The van der Waals surface area contributed by atoms with Crippen molar-refractivity contribution in [2.75, 3.05) is 0 Å². The molecule has 0 fully saturated rings. The standard InChI is InChI=1S/C16H15ClFNO4S/c1-10(17)5-4-8-13-14(20)15(16(19)22-13)23-24(21)9-11-6-2-3-7-12(11)18/h2-7,13H,1,8-9,19H2/b5-4-. The molecule has 1 heterocycles. The van der Waals surface area contributed by atoms with Crippen LogP contribution in [-0.4, -0.2) is 16.1 Å². The lowest BCUT2D eigenvalue weighted by molar-refractivity contribution is -0.122. The van der Waals surface area contributed by atoms with Crippen molar-refractivity contribution >= 4 is 28.5 Å². The highest BCUT2D eigenvalue weighted by molar-refractivity contribution is 7.79. The number of nitrogens with two attached hydrogens (primary N) is 1. The minimum Gasteiger partial charge on any atom is -0.464 e. The van der Waals surface area contributed by atoms with Gasteiger partial charge in [0, 0.05) is 17.0 Å². The second-order valence-electron chi connectivity index (χ2n) is 4.87. The van der Waals surface area contributed by atoms with Gasteiger partial charge in [0.2, 0.25) is 28.5 Å². The number of ether oxygens (including phenoxy) is 1. The van der Waals surface area contributed by atoms with Crippen LogP contribution in [0.5, 0.6) is 0 Å². The summed E-state index contributed by atoms with van der Waals surface area (Å²) < 4.78 is 35.8. The quantitative estimate of drug-likeness (QED) is 0.745. The van der Waals surface area contributed by atoms with Gasteiger partial charge >= 0.3 is 0 Å². The third kappa shape index (κ3) is 4.69. The number of hydrogen-bond donors (Lipinski definition) is 1. The van der Waals surface area contributed by atoms with E-state index in [4.69, 9.17) is 26.3 Å². The van der Waals surface area contributed by atoms with E-state index in [-0.39, 0.29) is 29.4 Å². The van der Waals surface area contributed by atoms with Crippen LogP contribution in [-0.2, 0) is 30.5 Å². The van der Waals surface area contributed by atoms with Crippen LogP contribution in [0.2, 0.25) is 0 Å². The van der Waals surface area contributed by atoms with E-state index in [1.54, 1.807) is 12.1 Å². The fourth-order valence-electron chi connectivity index (χ4n) is 1.95. The van der Waals surface area contributed by atoms with E-state index in [9.17, 15) is 13.4 Å². The molecule has 2 unspecified atom stereocenters. The molecular formula is C16H15ClFNO4S. The van der Waals surface area contributed by atoms with Gasteiger partial charge < -0.3 is 14.7 Å². The molecule has 0 saturated heterocycles. The van der Waals surface area contributed by atoms with Crippen LogP contribution in [0.4, 0.5) is 4.39 Å². The summed E-state index contributed by atoms with van der Waals surface area (Å²) >= 11 is 3.61. The highest BCUT2D eigenvalue weighted by Crippen LogP contribution is 2.24. The smallest absolute Gasteiger partial charge is 0.246 e. The van der Waals surface area contributed by atoms with E-state index in [1.165, 1.54) is 24.3 Å². The number of halogens is 2. The van der Waals surface area contributed by atoms with Crippen molar-refractivity contribution in [1.82, 2.24) is 0 Å². The van der Waals surface area contributed by atoms with Gasteiger partial charge in [-0.15, -0.1) is 0 Å². The number of Topliss-reactive ketones (excluding diaryl/α,β-unsaturated/α-hetero) is 1. The molecule has 1 aliphatic rings.